The van der Waals surface area contributed by atoms with E-state index in [0.29, 0.717) is 13.0 Å². The Hall–Kier alpha value is -2.04. The van der Waals surface area contributed by atoms with Crippen molar-refractivity contribution in [2.45, 2.75) is 109 Å². The molecule has 0 spiro atoms. The molecule has 1 aromatic rings. The summed E-state index contributed by atoms with van der Waals surface area (Å²) in [6.07, 6.45) is 14.7. The second-order valence-corrected chi connectivity index (χ2v) is 9.50. The van der Waals surface area contributed by atoms with Crippen LogP contribution in [0, 0.1) is 0 Å². The fraction of sp³-hybridized carbons (Fsp3) is 0.692. The van der Waals surface area contributed by atoms with Crippen LogP contribution < -0.4 is 5.32 Å². The van der Waals surface area contributed by atoms with Gasteiger partial charge in [0.2, 0.25) is 5.91 Å². The Labute approximate surface area is 187 Å². The first-order valence-corrected chi connectivity index (χ1v) is 12.4. The molecule has 1 saturated heterocycles. The topological polar surface area (TPSA) is 58.6 Å². The van der Waals surface area contributed by atoms with Crippen molar-refractivity contribution >= 4 is 12.0 Å². The Kier molecular flexibility index (Phi) is 9.23. The van der Waals surface area contributed by atoms with Crippen LogP contribution in [0.2, 0.25) is 0 Å². The van der Waals surface area contributed by atoms with Gasteiger partial charge < -0.3 is 10.1 Å². The van der Waals surface area contributed by atoms with E-state index < -0.39 is 11.6 Å². The summed E-state index contributed by atoms with van der Waals surface area (Å²) in [6, 6.07) is 9.89. The van der Waals surface area contributed by atoms with Crippen molar-refractivity contribution in [1.29, 1.82) is 0 Å². The lowest BCUT2D eigenvalue weighted by Crippen LogP contribution is -2.57. The number of ether oxygens (including phenoxy) is 1. The highest BCUT2D eigenvalue weighted by Gasteiger charge is 2.47. The molecule has 1 aromatic carbocycles. The van der Waals surface area contributed by atoms with Crippen LogP contribution in [0.1, 0.15) is 96.0 Å². The molecule has 2 aliphatic rings. The third-order valence-electron chi connectivity index (χ3n) is 7.00. The van der Waals surface area contributed by atoms with Crippen LogP contribution in [0.15, 0.2) is 30.3 Å². The molecule has 31 heavy (non-hydrogen) atoms. The van der Waals surface area contributed by atoms with E-state index in [4.69, 9.17) is 4.74 Å². The van der Waals surface area contributed by atoms with E-state index in [1.165, 1.54) is 57.8 Å². The molecule has 1 atom stereocenters. The van der Waals surface area contributed by atoms with Crippen molar-refractivity contribution in [1.82, 2.24) is 10.2 Å². The summed E-state index contributed by atoms with van der Waals surface area (Å²) in [6.45, 7) is 2.70. The smallest absolute Gasteiger partial charge is 0.410 e. The first-order chi connectivity index (χ1) is 15.1. The number of hydrogen-bond acceptors (Lipinski definition) is 3. The van der Waals surface area contributed by atoms with Gasteiger partial charge in [-0.25, -0.2) is 4.79 Å². The van der Waals surface area contributed by atoms with Gasteiger partial charge in [0.05, 0.1) is 0 Å². The molecule has 3 rings (SSSR count). The lowest BCUT2D eigenvalue weighted by atomic mass is 9.94. The van der Waals surface area contributed by atoms with E-state index >= 15 is 0 Å². The van der Waals surface area contributed by atoms with Gasteiger partial charge in [-0.1, -0.05) is 88.1 Å². The van der Waals surface area contributed by atoms with Gasteiger partial charge in [-0.2, -0.15) is 0 Å². The fourth-order valence-electron chi connectivity index (χ4n) is 4.94. The molecule has 2 fully saturated rings. The van der Waals surface area contributed by atoms with Crippen LogP contribution in [0.4, 0.5) is 4.79 Å². The van der Waals surface area contributed by atoms with Crippen LogP contribution in [0.5, 0.6) is 0 Å². The zero-order valence-corrected chi connectivity index (χ0v) is 19.2. The maximum Gasteiger partial charge on any atom is 0.410 e. The number of rotatable bonds is 4. The third-order valence-corrected chi connectivity index (χ3v) is 7.00. The van der Waals surface area contributed by atoms with E-state index in [1.807, 2.05) is 37.3 Å². The van der Waals surface area contributed by atoms with Crippen LogP contribution in [-0.2, 0) is 16.1 Å². The van der Waals surface area contributed by atoms with Crippen molar-refractivity contribution in [3.8, 4) is 0 Å². The van der Waals surface area contributed by atoms with Gasteiger partial charge in [-0.15, -0.1) is 0 Å². The maximum absolute atomic E-state index is 13.3. The van der Waals surface area contributed by atoms with Crippen molar-refractivity contribution < 1.29 is 14.3 Å². The number of carbonyl (C=O) groups excluding carboxylic acids is 2. The molecule has 1 N–H and O–H groups in total. The molecule has 0 radical (unpaired) electrons. The molecule has 1 saturated carbocycles. The summed E-state index contributed by atoms with van der Waals surface area (Å²) in [4.78, 5) is 27.8. The minimum atomic E-state index is -0.822. The van der Waals surface area contributed by atoms with Crippen molar-refractivity contribution in [2.24, 2.45) is 0 Å². The van der Waals surface area contributed by atoms with E-state index in [0.717, 1.165) is 24.8 Å². The van der Waals surface area contributed by atoms with Gasteiger partial charge in [0, 0.05) is 12.6 Å². The number of benzene rings is 1. The number of amides is 2. The number of nitrogens with one attached hydrogen (secondary N) is 1. The number of hydrogen-bond donors (Lipinski definition) is 1. The van der Waals surface area contributed by atoms with E-state index in [9.17, 15) is 9.59 Å². The van der Waals surface area contributed by atoms with Gasteiger partial charge in [0.25, 0.3) is 0 Å². The summed E-state index contributed by atoms with van der Waals surface area (Å²) in [5, 5.41) is 3.32. The molecular formula is C26H40N2O3. The van der Waals surface area contributed by atoms with Gasteiger partial charge in [0.1, 0.15) is 12.1 Å². The van der Waals surface area contributed by atoms with Crippen LogP contribution in [0.3, 0.4) is 0 Å². The minimum absolute atomic E-state index is 0.0150. The second-order valence-electron chi connectivity index (χ2n) is 9.50. The Morgan fingerprint density at radius 2 is 1.52 bits per heavy atom. The summed E-state index contributed by atoms with van der Waals surface area (Å²) < 4.78 is 5.55. The maximum atomic E-state index is 13.3. The molecule has 1 aliphatic heterocycles. The monoisotopic (exact) mass is 428 g/mol. The Bertz CT molecular complexity index is 681. The van der Waals surface area contributed by atoms with Crippen LogP contribution in [0.25, 0.3) is 0 Å². The van der Waals surface area contributed by atoms with Gasteiger partial charge in [-0.05, 0) is 38.2 Å². The van der Waals surface area contributed by atoms with Gasteiger partial charge in [0.15, 0.2) is 0 Å². The standard InChI is InChI=1S/C26H40N2O3/c1-26(19-14-20-28(26)25(30)31-21-22-15-10-9-11-16-22)24(29)27-23-17-12-7-5-3-2-4-6-8-13-18-23/h9-11,15-16,23H,2-8,12-14,17-21H2,1H3,(H,27,29). The molecule has 1 heterocycles. The summed E-state index contributed by atoms with van der Waals surface area (Å²) in [5.74, 6) is -0.0150. The van der Waals surface area contributed by atoms with E-state index in [1.54, 1.807) is 4.90 Å². The average molecular weight is 429 g/mol. The van der Waals surface area contributed by atoms with Crippen molar-refractivity contribution in [3.63, 3.8) is 0 Å². The molecule has 0 bridgehead atoms. The molecule has 2 amide bonds. The molecule has 5 heteroatoms. The number of carbonyl (C=O) groups is 2. The summed E-state index contributed by atoms with van der Waals surface area (Å²) in [5.41, 5.74) is 0.131. The first-order valence-electron chi connectivity index (χ1n) is 12.4. The quantitative estimate of drug-likeness (QED) is 0.643. The predicted molar refractivity (Wildman–Crippen MR) is 124 cm³/mol. The Morgan fingerprint density at radius 3 is 2.13 bits per heavy atom. The average Bonchev–Trinajstić information content (AvgIpc) is 3.17. The number of likely N-dealkylation sites (tertiary alicyclic amines) is 1. The molecule has 172 valence electrons. The molecular weight excluding hydrogens is 388 g/mol. The highest BCUT2D eigenvalue weighted by molar-refractivity contribution is 5.90. The normalized spacial score (nSPS) is 24.1. The number of nitrogens with zero attached hydrogens (tertiary/aromatic N) is 1. The highest BCUT2D eigenvalue weighted by atomic mass is 16.6. The summed E-state index contributed by atoms with van der Waals surface area (Å²) in [7, 11) is 0. The fourth-order valence-corrected chi connectivity index (χ4v) is 4.94. The Balaban J connectivity index is 1.56. The molecule has 5 nitrogen and oxygen atoms in total. The molecule has 1 aliphatic carbocycles. The van der Waals surface area contributed by atoms with Gasteiger partial charge in [-0.3, -0.25) is 9.69 Å². The highest BCUT2D eigenvalue weighted by Crippen LogP contribution is 2.31. The SMILES string of the molecule is CC1(C(=O)NC2CCCCCCCCCCC2)CCCN1C(=O)OCc1ccccc1. The van der Waals surface area contributed by atoms with Crippen molar-refractivity contribution in [2.75, 3.05) is 6.54 Å². The Morgan fingerprint density at radius 1 is 0.935 bits per heavy atom. The molecule has 1 unspecified atom stereocenters. The third kappa shape index (κ3) is 6.98. The lowest BCUT2D eigenvalue weighted by Gasteiger charge is -2.34. The molecule has 0 aromatic heterocycles. The lowest BCUT2D eigenvalue weighted by molar-refractivity contribution is -0.131. The zero-order valence-electron chi connectivity index (χ0n) is 19.2. The second kappa shape index (κ2) is 12.1. The minimum Gasteiger partial charge on any atom is -0.445 e. The summed E-state index contributed by atoms with van der Waals surface area (Å²) >= 11 is 0. The van der Waals surface area contributed by atoms with E-state index in [2.05, 4.69) is 5.32 Å². The van der Waals surface area contributed by atoms with Crippen LogP contribution in [-0.4, -0.2) is 35.0 Å². The zero-order chi connectivity index (χ0) is 21.9. The van der Waals surface area contributed by atoms with Crippen molar-refractivity contribution in [3.05, 3.63) is 35.9 Å². The predicted octanol–water partition coefficient (Wildman–Crippen LogP) is 5.97. The van der Waals surface area contributed by atoms with E-state index in [-0.39, 0.29) is 18.6 Å². The first kappa shape index (κ1) is 23.6. The van der Waals surface area contributed by atoms with Crippen LogP contribution >= 0.6 is 0 Å². The largest absolute Gasteiger partial charge is 0.445 e. The van der Waals surface area contributed by atoms with Gasteiger partial charge >= 0.3 is 6.09 Å².